The lowest BCUT2D eigenvalue weighted by Crippen LogP contribution is -2.28. The van der Waals surface area contributed by atoms with Gasteiger partial charge in [-0.05, 0) is 74.2 Å². The Bertz CT molecular complexity index is 2130. The van der Waals surface area contributed by atoms with Crippen molar-refractivity contribution < 1.29 is 42.8 Å². The Morgan fingerprint density at radius 3 is 2.44 bits per heavy atom. The van der Waals surface area contributed by atoms with E-state index >= 15 is 4.39 Å². The van der Waals surface area contributed by atoms with Crippen LogP contribution >= 0.6 is 0 Å². The molecule has 5 aromatic rings. The molecule has 3 aromatic carbocycles. The molecule has 298 valence electrons. The van der Waals surface area contributed by atoms with Crippen molar-refractivity contribution in [2.45, 2.75) is 63.9 Å². The predicted octanol–water partition coefficient (Wildman–Crippen LogP) is 5.92. The Labute approximate surface area is 327 Å². The third kappa shape index (κ3) is 10.4. The van der Waals surface area contributed by atoms with E-state index in [4.69, 9.17) is 29.4 Å². The fourth-order valence-electron chi connectivity index (χ4n) is 5.99. The molecule has 2 atom stereocenters. The molecule has 57 heavy (non-hydrogen) atoms. The number of carbonyl (C=O) groups excluding carboxylic acids is 2. The zero-order valence-corrected chi connectivity index (χ0v) is 31.4. The first-order valence-electron chi connectivity index (χ1n) is 18.5. The Morgan fingerprint density at radius 2 is 1.75 bits per heavy atom. The molecule has 1 amide bonds. The normalized spacial score (nSPS) is 14.3. The van der Waals surface area contributed by atoms with Crippen molar-refractivity contribution in [1.29, 1.82) is 0 Å². The number of carbonyl (C=O) groups is 2. The molecule has 16 nitrogen and oxygen atoms in total. The van der Waals surface area contributed by atoms with Crippen molar-refractivity contribution in [3.05, 3.63) is 114 Å². The van der Waals surface area contributed by atoms with Crippen LogP contribution in [-0.2, 0) is 9.47 Å². The molecule has 2 aromatic heterocycles. The molecule has 0 saturated heterocycles. The highest BCUT2D eigenvalue weighted by atomic mass is 19.1. The Hall–Kier alpha value is -6.62. The number of methoxy groups -OCH3 is 1. The summed E-state index contributed by atoms with van der Waals surface area (Å²) in [6, 6.07) is 18.2. The second-order valence-corrected chi connectivity index (χ2v) is 12.8. The van der Waals surface area contributed by atoms with E-state index in [0.29, 0.717) is 16.8 Å². The molecule has 6 rings (SSSR count). The van der Waals surface area contributed by atoms with Gasteiger partial charge in [0.05, 0.1) is 13.7 Å². The first kappa shape index (κ1) is 40.1. The number of nitrogens with two attached hydrogens (primary N) is 1. The van der Waals surface area contributed by atoms with Crippen LogP contribution in [0.2, 0.25) is 0 Å². The van der Waals surface area contributed by atoms with Gasteiger partial charge >= 0.3 is 12.2 Å². The fraction of sp³-hybridized carbons (Fsp3) is 0.325. The number of benzene rings is 3. The van der Waals surface area contributed by atoms with Crippen LogP contribution in [0.3, 0.4) is 0 Å². The lowest BCUT2D eigenvalue weighted by atomic mass is 9.98. The molecular formula is C40H43FN8O8. The van der Waals surface area contributed by atoms with Gasteiger partial charge < -0.3 is 39.8 Å². The minimum absolute atomic E-state index is 0.00191. The summed E-state index contributed by atoms with van der Waals surface area (Å²) < 4.78 is 45.9. The van der Waals surface area contributed by atoms with Gasteiger partial charge in [-0.25, -0.2) is 19.2 Å². The Morgan fingerprint density at radius 1 is 1.02 bits per heavy atom. The highest BCUT2D eigenvalue weighted by Gasteiger charge is 2.30. The zero-order valence-electron chi connectivity index (χ0n) is 31.4. The average Bonchev–Trinajstić information content (AvgIpc) is 3.66. The number of hydrogen-bond acceptors (Lipinski definition) is 13. The van der Waals surface area contributed by atoms with E-state index in [9.17, 15) is 14.7 Å². The van der Waals surface area contributed by atoms with Gasteiger partial charge in [-0.3, -0.25) is 4.79 Å². The van der Waals surface area contributed by atoms with Crippen LogP contribution in [-0.4, -0.2) is 80.5 Å². The van der Waals surface area contributed by atoms with Crippen LogP contribution in [0.15, 0.2) is 90.2 Å². The molecule has 2 heterocycles. The van der Waals surface area contributed by atoms with Crippen molar-refractivity contribution in [2.75, 3.05) is 25.6 Å². The maximum absolute atomic E-state index is 16.5. The summed E-state index contributed by atoms with van der Waals surface area (Å²) >= 11 is 0. The monoisotopic (exact) mass is 782 g/mol. The molecule has 0 spiro atoms. The van der Waals surface area contributed by atoms with Crippen molar-refractivity contribution in [1.82, 2.24) is 24.7 Å². The van der Waals surface area contributed by atoms with E-state index in [1.165, 1.54) is 36.3 Å². The summed E-state index contributed by atoms with van der Waals surface area (Å²) in [5, 5.41) is 17.4. The van der Waals surface area contributed by atoms with Crippen LogP contribution in [0.4, 0.5) is 14.9 Å². The number of nitrogens with zero attached hydrogens (tertiary/aromatic N) is 6. The van der Waals surface area contributed by atoms with E-state index in [1.54, 1.807) is 67.6 Å². The lowest BCUT2D eigenvalue weighted by Gasteiger charge is -2.23. The summed E-state index contributed by atoms with van der Waals surface area (Å²) in [4.78, 5) is 42.8. The average molecular weight is 783 g/mol. The zero-order chi connectivity index (χ0) is 40.1. The van der Waals surface area contributed by atoms with Gasteiger partial charge in [0.25, 0.3) is 18.1 Å². The number of amides is 1. The molecule has 1 saturated carbocycles. The van der Waals surface area contributed by atoms with Crippen LogP contribution < -0.4 is 25.3 Å². The lowest BCUT2D eigenvalue weighted by molar-refractivity contribution is -0.0829. The maximum Gasteiger partial charge on any atom is 0.511 e. The predicted molar refractivity (Wildman–Crippen MR) is 205 cm³/mol. The molecule has 2 unspecified atom stereocenters. The van der Waals surface area contributed by atoms with Gasteiger partial charge in [0.2, 0.25) is 0 Å². The van der Waals surface area contributed by atoms with Gasteiger partial charge in [0, 0.05) is 47.3 Å². The summed E-state index contributed by atoms with van der Waals surface area (Å²) in [7, 11) is 1.42. The van der Waals surface area contributed by atoms with Gasteiger partial charge in [0.1, 0.15) is 30.3 Å². The number of nitrogens with one attached hydrogen (secondary N) is 1. The number of aromatic nitrogens is 5. The second kappa shape index (κ2) is 19.3. The summed E-state index contributed by atoms with van der Waals surface area (Å²) in [5.41, 5.74) is 7.51. The SMILES string of the molecule is CCC(OC(=O)OC1CCCCC1)Oc1nc(C(Nc2ccc(C(N)=NC(=O)c3ccccc3)cc2)c2cc(OC)cc(OCCO)c2F)nn1-c1ncccn1. The number of amidine groups is 1. The van der Waals surface area contributed by atoms with Crippen LogP contribution in [0.25, 0.3) is 5.95 Å². The maximum atomic E-state index is 16.5. The summed E-state index contributed by atoms with van der Waals surface area (Å²) in [5.74, 6) is -1.19. The summed E-state index contributed by atoms with van der Waals surface area (Å²) in [6.45, 7) is 1.21. The fourth-order valence-corrected chi connectivity index (χ4v) is 5.99. The van der Waals surface area contributed by atoms with Crippen molar-refractivity contribution in [2.24, 2.45) is 10.7 Å². The van der Waals surface area contributed by atoms with Crippen LogP contribution in [0, 0.1) is 5.82 Å². The van der Waals surface area contributed by atoms with E-state index in [2.05, 4.69) is 30.4 Å². The molecule has 1 fully saturated rings. The van der Waals surface area contributed by atoms with Crippen molar-refractivity contribution >= 4 is 23.6 Å². The molecule has 1 aliphatic carbocycles. The number of anilines is 1. The molecule has 4 N–H and O–H groups in total. The third-order valence-corrected chi connectivity index (χ3v) is 8.88. The molecule has 0 bridgehead atoms. The molecule has 0 radical (unpaired) electrons. The van der Waals surface area contributed by atoms with E-state index in [1.807, 2.05) is 0 Å². The number of aliphatic hydroxyl groups excluding tert-OH is 1. The van der Waals surface area contributed by atoms with Gasteiger partial charge in [-0.1, -0.05) is 31.5 Å². The van der Waals surface area contributed by atoms with Crippen molar-refractivity contribution in [3.63, 3.8) is 0 Å². The van der Waals surface area contributed by atoms with Crippen molar-refractivity contribution in [3.8, 4) is 23.5 Å². The van der Waals surface area contributed by atoms with Gasteiger partial charge in [0.15, 0.2) is 17.4 Å². The topological polar surface area (TPSA) is 207 Å². The van der Waals surface area contributed by atoms with E-state index < -0.39 is 30.2 Å². The minimum atomic E-state index is -1.17. The number of halogens is 1. The Balaban J connectivity index is 1.36. The van der Waals surface area contributed by atoms with Gasteiger partial charge in [-0.2, -0.15) is 9.98 Å². The quantitative estimate of drug-likeness (QED) is 0.0460. The number of aliphatic hydroxyl groups is 1. The Kier molecular flexibility index (Phi) is 13.6. The second-order valence-electron chi connectivity index (χ2n) is 12.8. The largest absolute Gasteiger partial charge is 0.511 e. The molecule has 0 aliphatic heterocycles. The highest BCUT2D eigenvalue weighted by molar-refractivity contribution is 6.08. The molecule has 17 heteroatoms. The summed E-state index contributed by atoms with van der Waals surface area (Å²) in [6.07, 6.45) is 5.50. The number of hydrogen-bond donors (Lipinski definition) is 3. The number of aliphatic imine (C=N–C) groups is 1. The highest BCUT2D eigenvalue weighted by Crippen LogP contribution is 2.36. The van der Waals surface area contributed by atoms with Gasteiger partial charge in [-0.15, -0.1) is 9.78 Å². The number of ether oxygens (including phenoxy) is 5. The third-order valence-electron chi connectivity index (χ3n) is 8.88. The standard InChI is InChI=1S/C40H43FN8O8/c1-3-32(57-40(52)55-28-13-8-5-9-14-28)56-39-47-36(48-49(39)38-43-19-10-20-44-38)34(30-23-29(53-2)24-31(33(30)41)54-22-21-50)45-27-17-15-25(16-18-27)35(42)46-37(51)26-11-6-4-7-12-26/h4,6-7,10-12,15-20,23-24,28,32,34,45,50H,3,5,8-9,13-14,21-22H2,1-2H3,(H2,42,46,51). The van der Waals surface area contributed by atoms with E-state index in [0.717, 1.165) is 32.1 Å². The first-order valence-corrected chi connectivity index (χ1v) is 18.5. The molecule has 1 aliphatic rings. The van der Waals surface area contributed by atoms with Crippen LogP contribution in [0.5, 0.6) is 17.5 Å². The first-order chi connectivity index (χ1) is 27.8. The van der Waals surface area contributed by atoms with Crippen LogP contribution in [0.1, 0.15) is 78.8 Å². The minimum Gasteiger partial charge on any atom is -0.497 e. The number of rotatable bonds is 16. The van der Waals surface area contributed by atoms with E-state index in [-0.39, 0.29) is 66.4 Å². The molecular weight excluding hydrogens is 739 g/mol. The smallest absolute Gasteiger partial charge is 0.497 e.